The summed E-state index contributed by atoms with van der Waals surface area (Å²) in [5, 5.41) is 2.73. The standard InChI is InChI=1S/C25H28N2O5S/c1-19-13-14-21(17-20(19)2)32-16-15-26-25(28)18-27(23-11-7-8-12-24(23)31-3)33(29,30)22-9-5-4-6-10-22/h4-14,17H,15-16,18H2,1-3H3,(H,26,28). The number of rotatable bonds is 10. The third-order valence-electron chi connectivity index (χ3n) is 5.14. The van der Waals surface area contributed by atoms with Gasteiger partial charge in [-0.15, -0.1) is 0 Å². The lowest BCUT2D eigenvalue weighted by Crippen LogP contribution is -2.42. The molecule has 0 aliphatic carbocycles. The Morgan fingerprint density at radius 1 is 0.939 bits per heavy atom. The molecule has 0 saturated carbocycles. The molecule has 0 radical (unpaired) electrons. The fraction of sp³-hybridized carbons (Fsp3) is 0.240. The molecule has 1 amide bonds. The summed E-state index contributed by atoms with van der Waals surface area (Å²) in [7, 11) is -2.55. The highest BCUT2D eigenvalue weighted by atomic mass is 32.2. The van der Waals surface area contributed by atoms with Crippen molar-refractivity contribution in [1.29, 1.82) is 0 Å². The van der Waals surface area contributed by atoms with Gasteiger partial charge < -0.3 is 14.8 Å². The molecule has 0 bridgehead atoms. The lowest BCUT2D eigenvalue weighted by Gasteiger charge is -2.25. The van der Waals surface area contributed by atoms with E-state index in [0.717, 1.165) is 15.6 Å². The highest BCUT2D eigenvalue weighted by molar-refractivity contribution is 7.92. The zero-order valence-electron chi connectivity index (χ0n) is 18.9. The van der Waals surface area contributed by atoms with E-state index in [1.54, 1.807) is 42.5 Å². The molecule has 0 saturated heterocycles. The number of methoxy groups -OCH3 is 1. The zero-order valence-corrected chi connectivity index (χ0v) is 19.8. The van der Waals surface area contributed by atoms with Gasteiger partial charge in [0.25, 0.3) is 10.0 Å². The average Bonchev–Trinajstić information content (AvgIpc) is 2.83. The van der Waals surface area contributed by atoms with Crippen LogP contribution in [0.3, 0.4) is 0 Å². The second kappa shape index (κ2) is 10.9. The molecular formula is C25H28N2O5S. The van der Waals surface area contributed by atoms with E-state index in [9.17, 15) is 13.2 Å². The molecule has 0 atom stereocenters. The van der Waals surface area contributed by atoms with E-state index in [1.165, 1.54) is 24.8 Å². The van der Waals surface area contributed by atoms with Crippen molar-refractivity contribution >= 4 is 21.6 Å². The summed E-state index contributed by atoms with van der Waals surface area (Å²) in [5.74, 6) is 0.613. The third kappa shape index (κ3) is 6.04. The van der Waals surface area contributed by atoms with Crippen molar-refractivity contribution in [1.82, 2.24) is 5.32 Å². The number of benzene rings is 3. The number of ether oxygens (including phenoxy) is 2. The number of carbonyl (C=O) groups excluding carboxylic acids is 1. The van der Waals surface area contributed by atoms with Gasteiger partial charge in [0.2, 0.25) is 5.91 Å². The van der Waals surface area contributed by atoms with E-state index < -0.39 is 22.5 Å². The smallest absolute Gasteiger partial charge is 0.264 e. The maximum Gasteiger partial charge on any atom is 0.264 e. The number of nitrogens with zero attached hydrogens (tertiary/aromatic N) is 1. The van der Waals surface area contributed by atoms with Gasteiger partial charge in [0.15, 0.2) is 0 Å². The first-order valence-corrected chi connectivity index (χ1v) is 11.9. The van der Waals surface area contributed by atoms with Crippen LogP contribution in [0, 0.1) is 13.8 Å². The van der Waals surface area contributed by atoms with Gasteiger partial charge in [-0.25, -0.2) is 8.42 Å². The Labute approximate surface area is 195 Å². The van der Waals surface area contributed by atoms with Crippen molar-refractivity contribution < 1.29 is 22.7 Å². The molecule has 0 aliphatic heterocycles. The Morgan fingerprint density at radius 2 is 1.64 bits per heavy atom. The molecule has 3 aromatic carbocycles. The van der Waals surface area contributed by atoms with Crippen LogP contribution >= 0.6 is 0 Å². The first-order chi connectivity index (χ1) is 15.8. The minimum atomic E-state index is -4.00. The number of carbonyl (C=O) groups is 1. The van der Waals surface area contributed by atoms with Crippen molar-refractivity contribution in [3.63, 3.8) is 0 Å². The molecule has 0 aliphatic rings. The maximum absolute atomic E-state index is 13.4. The summed E-state index contributed by atoms with van der Waals surface area (Å²) in [6.07, 6.45) is 0. The second-order valence-electron chi connectivity index (χ2n) is 7.44. The van der Waals surface area contributed by atoms with E-state index in [0.29, 0.717) is 5.75 Å². The summed E-state index contributed by atoms with van der Waals surface area (Å²) in [6, 6.07) is 20.5. The number of hydrogen-bond donors (Lipinski definition) is 1. The molecule has 0 spiro atoms. The Bertz CT molecular complexity index is 1200. The summed E-state index contributed by atoms with van der Waals surface area (Å²) in [5.41, 5.74) is 2.58. The monoisotopic (exact) mass is 468 g/mol. The van der Waals surface area contributed by atoms with Gasteiger partial charge in [-0.05, 0) is 61.4 Å². The zero-order chi connectivity index (χ0) is 23.8. The lowest BCUT2D eigenvalue weighted by atomic mass is 10.1. The third-order valence-corrected chi connectivity index (χ3v) is 6.92. The fourth-order valence-electron chi connectivity index (χ4n) is 3.20. The first kappa shape index (κ1) is 24.1. The molecule has 3 aromatic rings. The number of amides is 1. The largest absolute Gasteiger partial charge is 0.495 e. The molecular weight excluding hydrogens is 440 g/mol. The molecule has 0 unspecified atom stereocenters. The second-order valence-corrected chi connectivity index (χ2v) is 9.30. The van der Waals surface area contributed by atoms with E-state index in [1.807, 2.05) is 32.0 Å². The van der Waals surface area contributed by atoms with Gasteiger partial charge in [-0.1, -0.05) is 36.4 Å². The summed E-state index contributed by atoms with van der Waals surface area (Å²) in [6.45, 7) is 4.12. The van der Waals surface area contributed by atoms with Gasteiger partial charge in [0, 0.05) is 0 Å². The predicted molar refractivity (Wildman–Crippen MR) is 128 cm³/mol. The number of nitrogens with one attached hydrogen (secondary N) is 1. The Kier molecular flexibility index (Phi) is 7.95. The van der Waals surface area contributed by atoms with Crippen molar-refractivity contribution in [2.75, 3.05) is 31.1 Å². The van der Waals surface area contributed by atoms with Crippen LogP contribution in [0.15, 0.2) is 77.7 Å². The van der Waals surface area contributed by atoms with E-state index in [4.69, 9.17) is 9.47 Å². The average molecular weight is 469 g/mol. The topological polar surface area (TPSA) is 84.9 Å². The Morgan fingerprint density at radius 3 is 2.33 bits per heavy atom. The Hall–Kier alpha value is -3.52. The molecule has 7 nitrogen and oxygen atoms in total. The van der Waals surface area contributed by atoms with Crippen LogP contribution in [0.2, 0.25) is 0 Å². The van der Waals surface area contributed by atoms with E-state index in [-0.39, 0.29) is 23.7 Å². The Balaban J connectivity index is 1.72. The van der Waals surface area contributed by atoms with Crippen LogP contribution in [-0.4, -0.2) is 41.1 Å². The molecule has 1 N–H and O–H groups in total. The van der Waals surface area contributed by atoms with Gasteiger partial charge in [-0.2, -0.15) is 0 Å². The number of hydrogen-bond acceptors (Lipinski definition) is 5. The first-order valence-electron chi connectivity index (χ1n) is 10.5. The SMILES string of the molecule is COc1ccccc1N(CC(=O)NCCOc1ccc(C)c(C)c1)S(=O)(=O)c1ccccc1. The minimum absolute atomic E-state index is 0.0850. The van der Waals surface area contributed by atoms with Crippen LogP contribution in [0.4, 0.5) is 5.69 Å². The van der Waals surface area contributed by atoms with Crippen molar-refractivity contribution in [2.24, 2.45) is 0 Å². The maximum atomic E-state index is 13.4. The highest BCUT2D eigenvalue weighted by Gasteiger charge is 2.29. The van der Waals surface area contributed by atoms with Crippen LogP contribution in [-0.2, 0) is 14.8 Å². The summed E-state index contributed by atoms with van der Waals surface area (Å²) in [4.78, 5) is 12.8. The predicted octanol–water partition coefficient (Wildman–Crippen LogP) is 3.70. The number of aryl methyl sites for hydroxylation is 2. The normalized spacial score (nSPS) is 11.0. The van der Waals surface area contributed by atoms with E-state index in [2.05, 4.69) is 5.32 Å². The van der Waals surface area contributed by atoms with E-state index >= 15 is 0 Å². The van der Waals surface area contributed by atoms with Gasteiger partial charge >= 0.3 is 0 Å². The quantitative estimate of drug-likeness (QED) is 0.459. The molecule has 3 rings (SSSR count). The van der Waals surface area contributed by atoms with Gasteiger partial charge in [-0.3, -0.25) is 9.10 Å². The van der Waals surface area contributed by atoms with Gasteiger partial charge in [0.1, 0.15) is 24.7 Å². The molecule has 33 heavy (non-hydrogen) atoms. The number of para-hydroxylation sites is 2. The van der Waals surface area contributed by atoms with Crippen molar-refractivity contribution in [2.45, 2.75) is 18.7 Å². The minimum Gasteiger partial charge on any atom is -0.495 e. The fourth-order valence-corrected chi connectivity index (χ4v) is 4.66. The molecule has 0 heterocycles. The summed E-state index contributed by atoms with van der Waals surface area (Å²) >= 11 is 0. The number of anilines is 1. The molecule has 174 valence electrons. The highest BCUT2D eigenvalue weighted by Crippen LogP contribution is 2.32. The molecule has 8 heteroatoms. The van der Waals surface area contributed by atoms with Crippen LogP contribution in [0.5, 0.6) is 11.5 Å². The van der Waals surface area contributed by atoms with Crippen LogP contribution < -0.4 is 19.1 Å². The van der Waals surface area contributed by atoms with Crippen molar-refractivity contribution in [3.05, 3.63) is 83.9 Å². The van der Waals surface area contributed by atoms with Crippen molar-refractivity contribution in [3.8, 4) is 11.5 Å². The number of sulfonamides is 1. The van der Waals surface area contributed by atoms with Gasteiger partial charge in [0.05, 0.1) is 24.2 Å². The molecule has 0 fully saturated rings. The van der Waals surface area contributed by atoms with Crippen LogP contribution in [0.25, 0.3) is 0 Å². The summed E-state index contributed by atoms with van der Waals surface area (Å²) < 4.78 is 38.8. The van der Waals surface area contributed by atoms with Crippen LogP contribution in [0.1, 0.15) is 11.1 Å². The lowest BCUT2D eigenvalue weighted by molar-refractivity contribution is -0.119. The molecule has 0 aromatic heterocycles.